The summed E-state index contributed by atoms with van der Waals surface area (Å²) >= 11 is 4.68. The maximum Gasteiger partial charge on any atom is 0.238 e. The molecule has 0 bridgehead atoms. The van der Waals surface area contributed by atoms with Gasteiger partial charge in [-0.25, -0.2) is 4.98 Å². The zero-order valence-corrected chi connectivity index (χ0v) is 17.0. The molecule has 0 aliphatic carbocycles. The number of rotatable bonds is 6. The fourth-order valence-electron chi connectivity index (χ4n) is 2.47. The molecule has 4 heterocycles. The summed E-state index contributed by atoms with van der Waals surface area (Å²) in [5.74, 6) is 0.917. The van der Waals surface area contributed by atoms with Crippen LogP contribution in [-0.4, -0.2) is 26.3 Å². The minimum atomic E-state index is -0.347. The van der Waals surface area contributed by atoms with Crippen molar-refractivity contribution in [3.63, 3.8) is 0 Å². The van der Waals surface area contributed by atoms with Gasteiger partial charge in [-0.05, 0) is 36.7 Å². The molecule has 1 atom stereocenters. The molecule has 9 heteroatoms. The molecule has 0 aliphatic rings. The summed E-state index contributed by atoms with van der Waals surface area (Å²) in [5.41, 5.74) is 1.89. The number of amides is 1. The van der Waals surface area contributed by atoms with Gasteiger partial charge < -0.3 is 14.8 Å². The lowest BCUT2D eigenvalue weighted by atomic mass is 10.2. The first-order valence-electron chi connectivity index (χ1n) is 8.19. The number of aryl methyl sites for hydroxylation is 1. The molecule has 4 aromatic heterocycles. The number of thiophene rings is 2. The van der Waals surface area contributed by atoms with Crippen molar-refractivity contribution in [1.29, 1.82) is 0 Å². The number of carbonyl (C=O) groups is 1. The molecule has 0 aliphatic heterocycles. The second-order valence-electron chi connectivity index (χ2n) is 5.79. The highest BCUT2D eigenvalue weighted by Gasteiger charge is 2.21. The molecular formula is C18H16N4O2S3. The lowest BCUT2D eigenvalue weighted by Gasteiger charge is -2.08. The number of imidazole rings is 1. The molecule has 27 heavy (non-hydrogen) atoms. The van der Waals surface area contributed by atoms with Gasteiger partial charge in [0.15, 0.2) is 11.0 Å². The lowest BCUT2D eigenvalue weighted by molar-refractivity contribution is -0.115. The summed E-state index contributed by atoms with van der Waals surface area (Å²) < 4.78 is 4.98. The normalized spacial score (nSPS) is 12.2. The van der Waals surface area contributed by atoms with Gasteiger partial charge in [-0.3, -0.25) is 4.79 Å². The van der Waals surface area contributed by atoms with Crippen LogP contribution in [0.1, 0.15) is 12.7 Å². The number of nitrogens with one attached hydrogen (secondary N) is 2. The topological polar surface area (TPSA) is 83.8 Å². The fraction of sp³-hybridized carbons (Fsp3) is 0.167. The minimum absolute atomic E-state index is 0.153. The van der Waals surface area contributed by atoms with E-state index < -0.39 is 0 Å². The molecule has 0 saturated heterocycles. The molecule has 0 radical (unpaired) electrons. The van der Waals surface area contributed by atoms with Crippen LogP contribution in [0.5, 0.6) is 0 Å². The average Bonchev–Trinajstić information content (AvgIpc) is 3.42. The highest BCUT2D eigenvalue weighted by molar-refractivity contribution is 8.00. The fourth-order valence-corrected chi connectivity index (χ4v) is 4.72. The van der Waals surface area contributed by atoms with Gasteiger partial charge >= 0.3 is 0 Å². The van der Waals surface area contributed by atoms with Gasteiger partial charge in [0.05, 0.1) is 20.7 Å². The summed E-state index contributed by atoms with van der Waals surface area (Å²) in [6.45, 7) is 3.62. The van der Waals surface area contributed by atoms with E-state index in [1.165, 1.54) is 11.8 Å². The first kappa shape index (κ1) is 18.0. The molecule has 4 aromatic rings. The van der Waals surface area contributed by atoms with E-state index in [1.807, 2.05) is 29.8 Å². The Hall–Kier alpha value is -2.36. The van der Waals surface area contributed by atoms with E-state index >= 15 is 0 Å². The van der Waals surface area contributed by atoms with Crippen molar-refractivity contribution in [3.05, 3.63) is 46.9 Å². The molecule has 6 nitrogen and oxygen atoms in total. The van der Waals surface area contributed by atoms with Gasteiger partial charge in [-0.15, -0.1) is 22.7 Å². The second-order valence-corrected chi connectivity index (χ2v) is 9.02. The number of H-pyrrole nitrogens is 1. The van der Waals surface area contributed by atoms with Crippen LogP contribution in [0.15, 0.2) is 50.8 Å². The Kier molecular flexibility index (Phi) is 5.15. The predicted octanol–water partition coefficient (Wildman–Crippen LogP) is 5.28. The monoisotopic (exact) mass is 416 g/mol. The third-order valence-electron chi connectivity index (χ3n) is 3.74. The van der Waals surface area contributed by atoms with Crippen molar-refractivity contribution < 1.29 is 9.32 Å². The summed E-state index contributed by atoms with van der Waals surface area (Å²) in [6, 6.07) is 9.83. The Morgan fingerprint density at radius 3 is 2.63 bits per heavy atom. The summed E-state index contributed by atoms with van der Waals surface area (Å²) in [7, 11) is 0. The number of carbonyl (C=O) groups excluding carboxylic acids is 1. The van der Waals surface area contributed by atoms with E-state index in [0.717, 1.165) is 21.1 Å². The van der Waals surface area contributed by atoms with Crippen LogP contribution < -0.4 is 5.32 Å². The van der Waals surface area contributed by atoms with Gasteiger partial charge in [0.25, 0.3) is 0 Å². The smallest absolute Gasteiger partial charge is 0.238 e. The molecular weight excluding hydrogens is 400 g/mol. The molecule has 138 valence electrons. The quantitative estimate of drug-likeness (QED) is 0.418. The van der Waals surface area contributed by atoms with E-state index in [-0.39, 0.29) is 11.2 Å². The Morgan fingerprint density at radius 2 is 2.00 bits per heavy atom. The zero-order chi connectivity index (χ0) is 18.8. The van der Waals surface area contributed by atoms with Gasteiger partial charge in [0, 0.05) is 6.07 Å². The largest absolute Gasteiger partial charge is 0.360 e. The van der Waals surface area contributed by atoms with Crippen LogP contribution in [0.4, 0.5) is 5.82 Å². The summed E-state index contributed by atoms with van der Waals surface area (Å²) in [4.78, 5) is 22.8. The van der Waals surface area contributed by atoms with Crippen LogP contribution in [0, 0.1) is 6.92 Å². The highest BCUT2D eigenvalue weighted by Crippen LogP contribution is 2.37. The highest BCUT2D eigenvalue weighted by atomic mass is 32.2. The van der Waals surface area contributed by atoms with E-state index in [0.29, 0.717) is 16.7 Å². The number of aromatic amines is 1. The number of anilines is 1. The van der Waals surface area contributed by atoms with Crippen LogP contribution in [-0.2, 0) is 4.79 Å². The molecule has 0 saturated carbocycles. The SMILES string of the molecule is Cc1cc(NC(=O)C(C)Sc2nc(-c3cccs3)c(-c3cccs3)[nH]2)no1. The second kappa shape index (κ2) is 7.71. The number of thioether (sulfide) groups is 1. The maximum absolute atomic E-state index is 12.4. The van der Waals surface area contributed by atoms with Crippen LogP contribution in [0.3, 0.4) is 0 Å². The third kappa shape index (κ3) is 4.00. The van der Waals surface area contributed by atoms with E-state index in [1.54, 1.807) is 35.7 Å². The van der Waals surface area contributed by atoms with E-state index in [9.17, 15) is 4.79 Å². The number of hydrogen-bond acceptors (Lipinski definition) is 7. The van der Waals surface area contributed by atoms with Crippen molar-refractivity contribution in [1.82, 2.24) is 15.1 Å². The van der Waals surface area contributed by atoms with Crippen molar-refractivity contribution in [2.75, 3.05) is 5.32 Å². The minimum Gasteiger partial charge on any atom is -0.360 e. The Labute approximate surface area is 168 Å². The summed E-state index contributed by atoms with van der Waals surface area (Å²) in [5, 5.41) is 11.0. The molecule has 0 fully saturated rings. The van der Waals surface area contributed by atoms with E-state index in [4.69, 9.17) is 9.51 Å². The van der Waals surface area contributed by atoms with Crippen LogP contribution >= 0.6 is 34.4 Å². The first-order valence-corrected chi connectivity index (χ1v) is 10.8. The van der Waals surface area contributed by atoms with Gasteiger partial charge in [-0.1, -0.05) is 29.1 Å². The Morgan fingerprint density at radius 1 is 1.26 bits per heavy atom. The van der Waals surface area contributed by atoms with Gasteiger partial charge in [0.2, 0.25) is 5.91 Å². The third-order valence-corrected chi connectivity index (χ3v) is 6.49. The predicted molar refractivity (Wildman–Crippen MR) is 110 cm³/mol. The zero-order valence-electron chi connectivity index (χ0n) is 14.6. The van der Waals surface area contributed by atoms with Crippen molar-refractivity contribution in [2.45, 2.75) is 24.3 Å². The number of aromatic nitrogens is 3. The molecule has 4 rings (SSSR count). The van der Waals surface area contributed by atoms with Crippen LogP contribution in [0.25, 0.3) is 21.1 Å². The van der Waals surface area contributed by atoms with Crippen molar-refractivity contribution in [3.8, 4) is 21.1 Å². The lowest BCUT2D eigenvalue weighted by Crippen LogP contribution is -2.22. The van der Waals surface area contributed by atoms with Gasteiger partial charge in [0.1, 0.15) is 11.5 Å². The summed E-state index contributed by atoms with van der Waals surface area (Å²) in [6.07, 6.45) is 0. The molecule has 0 aromatic carbocycles. The molecule has 0 spiro atoms. The first-order chi connectivity index (χ1) is 13.1. The Bertz CT molecular complexity index is 983. The molecule has 1 unspecified atom stereocenters. The standard InChI is InChI=1S/C18H16N4O2S3/c1-10-9-14(22-24-10)19-17(23)11(2)27-18-20-15(12-5-3-7-25-12)16(21-18)13-6-4-8-26-13/h3-9,11H,1-2H3,(H,20,21)(H,19,22,23). The molecule has 2 N–H and O–H groups in total. The van der Waals surface area contributed by atoms with Crippen LogP contribution in [0.2, 0.25) is 0 Å². The average molecular weight is 417 g/mol. The number of nitrogens with zero attached hydrogens (tertiary/aromatic N) is 2. The number of hydrogen-bond donors (Lipinski definition) is 2. The van der Waals surface area contributed by atoms with Gasteiger partial charge in [-0.2, -0.15) is 0 Å². The van der Waals surface area contributed by atoms with Crippen molar-refractivity contribution in [2.24, 2.45) is 0 Å². The van der Waals surface area contributed by atoms with E-state index in [2.05, 4.69) is 27.6 Å². The van der Waals surface area contributed by atoms with Crippen molar-refractivity contribution >= 4 is 46.2 Å². The molecule has 1 amide bonds. The maximum atomic E-state index is 12.4. The Balaban J connectivity index is 1.55.